The van der Waals surface area contributed by atoms with Crippen LogP contribution >= 0.6 is 15.9 Å². The number of aromatic nitrogens is 2. The molecule has 0 saturated carbocycles. The number of nitrogens with one attached hydrogen (secondary N) is 1. The van der Waals surface area contributed by atoms with Crippen LogP contribution in [0.3, 0.4) is 0 Å². The molecule has 0 radical (unpaired) electrons. The van der Waals surface area contributed by atoms with Gasteiger partial charge in [0.25, 0.3) is 5.91 Å². The first kappa shape index (κ1) is 19.8. The molecule has 1 amide bonds. The van der Waals surface area contributed by atoms with E-state index < -0.39 is 0 Å². The lowest BCUT2D eigenvalue weighted by Gasteiger charge is -2.15. The normalized spacial score (nSPS) is 10.4. The van der Waals surface area contributed by atoms with Crippen LogP contribution in [0.2, 0.25) is 0 Å². The minimum atomic E-state index is -0.332. The number of halogens is 1. The van der Waals surface area contributed by atoms with Gasteiger partial charge in [-0.1, -0.05) is 28.1 Å². The van der Waals surface area contributed by atoms with Crippen molar-refractivity contribution in [1.82, 2.24) is 9.78 Å². The average molecular weight is 446 g/mol. The molecule has 0 unspecified atom stereocenters. The van der Waals surface area contributed by atoms with E-state index in [0.29, 0.717) is 35.0 Å². The summed E-state index contributed by atoms with van der Waals surface area (Å²) in [6.45, 7) is 0.600. The van der Waals surface area contributed by atoms with Crippen LogP contribution in [-0.4, -0.2) is 37.0 Å². The molecule has 8 heteroatoms. The molecule has 2 aromatic carbocycles. The van der Waals surface area contributed by atoms with Crippen molar-refractivity contribution in [3.63, 3.8) is 0 Å². The van der Waals surface area contributed by atoms with E-state index in [2.05, 4.69) is 26.3 Å². The smallest absolute Gasteiger partial charge is 0.259 e. The lowest BCUT2D eigenvalue weighted by molar-refractivity contribution is 0.102. The highest BCUT2D eigenvalue weighted by atomic mass is 79.9. The van der Waals surface area contributed by atoms with Crippen LogP contribution in [0.5, 0.6) is 17.2 Å². The summed E-state index contributed by atoms with van der Waals surface area (Å²) in [5, 5.41) is 7.13. The van der Waals surface area contributed by atoms with Crippen LogP contribution in [-0.2, 0) is 6.54 Å². The van der Waals surface area contributed by atoms with Crippen LogP contribution in [0, 0.1) is 0 Å². The molecule has 0 aliphatic rings. The number of carbonyl (C=O) groups is 1. The molecule has 0 saturated heterocycles. The first-order chi connectivity index (χ1) is 13.5. The lowest BCUT2D eigenvalue weighted by Crippen LogP contribution is -2.13. The van der Waals surface area contributed by atoms with Gasteiger partial charge in [-0.05, 0) is 29.8 Å². The molecule has 1 aromatic heterocycles. The zero-order valence-corrected chi connectivity index (χ0v) is 17.3. The molecule has 3 rings (SSSR count). The predicted molar refractivity (Wildman–Crippen MR) is 110 cm³/mol. The minimum absolute atomic E-state index is 0.307. The fourth-order valence-electron chi connectivity index (χ4n) is 2.77. The number of hydrogen-bond donors (Lipinski definition) is 1. The van der Waals surface area contributed by atoms with Crippen molar-refractivity contribution < 1.29 is 19.0 Å². The molecule has 0 bridgehead atoms. The number of carbonyl (C=O) groups excluding carboxylic acids is 1. The van der Waals surface area contributed by atoms with Crippen LogP contribution in [0.4, 0.5) is 5.69 Å². The van der Waals surface area contributed by atoms with Crippen molar-refractivity contribution in [2.24, 2.45) is 0 Å². The Balaban J connectivity index is 1.77. The molecular formula is C20H20BrN3O4. The fraction of sp³-hybridized carbons (Fsp3) is 0.200. The fourth-order valence-corrected chi connectivity index (χ4v) is 3.03. The van der Waals surface area contributed by atoms with E-state index in [4.69, 9.17) is 14.2 Å². The molecular weight excluding hydrogens is 426 g/mol. The second kappa shape index (κ2) is 8.79. The number of methoxy groups -OCH3 is 3. The Morgan fingerprint density at radius 3 is 2.39 bits per heavy atom. The summed E-state index contributed by atoms with van der Waals surface area (Å²) in [6, 6.07) is 11.3. The Morgan fingerprint density at radius 1 is 1.04 bits per heavy atom. The summed E-state index contributed by atoms with van der Waals surface area (Å²) < 4.78 is 18.7. The highest BCUT2D eigenvalue weighted by Gasteiger charge is 2.21. The summed E-state index contributed by atoms with van der Waals surface area (Å²) in [7, 11) is 4.50. The van der Waals surface area contributed by atoms with Gasteiger partial charge in [-0.3, -0.25) is 9.48 Å². The maximum absolute atomic E-state index is 12.7. The van der Waals surface area contributed by atoms with Gasteiger partial charge in [-0.25, -0.2) is 0 Å². The van der Waals surface area contributed by atoms with Gasteiger partial charge in [0, 0.05) is 10.7 Å². The maximum Gasteiger partial charge on any atom is 0.259 e. The highest BCUT2D eigenvalue weighted by Crippen LogP contribution is 2.39. The van der Waals surface area contributed by atoms with Crippen molar-refractivity contribution in [1.29, 1.82) is 0 Å². The molecule has 0 fully saturated rings. The summed E-state index contributed by atoms with van der Waals surface area (Å²) in [5.74, 6) is 0.824. The SMILES string of the molecule is COc1ccc(C(=O)Nc2cnn(Cc3ccc(Br)cc3)c2)c(OC)c1OC. The number of anilines is 1. The van der Waals surface area contributed by atoms with E-state index in [-0.39, 0.29) is 5.91 Å². The van der Waals surface area contributed by atoms with Gasteiger partial charge in [0.15, 0.2) is 11.5 Å². The molecule has 0 aliphatic carbocycles. The van der Waals surface area contributed by atoms with Gasteiger partial charge in [-0.2, -0.15) is 5.10 Å². The van der Waals surface area contributed by atoms with E-state index in [1.807, 2.05) is 24.3 Å². The summed E-state index contributed by atoms with van der Waals surface area (Å²) in [5.41, 5.74) is 2.02. The van der Waals surface area contributed by atoms with Gasteiger partial charge in [-0.15, -0.1) is 0 Å². The van der Waals surface area contributed by atoms with Gasteiger partial charge in [0.1, 0.15) is 0 Å². The molecule has 146 valence electrons. The molecule has 1 N–H and O–H groups in total. The van der Waals surface area contributed by atoms with Crippen molar-refractivity contribution in [2.45, 2.75) is 6.54 Å². The number of benzene rings is 2. The molecule has 1 heterocycles. The third kappa shape index (κ3) is 4.28. The molecule has 28 heavy (non-hydrogen) atoms. The van der Waals surface area contributed by atoms with Crippen LogP contribution < -0.4 is 19.5 Å². The maximum atomic E-state index is 12.7. The molecule has 7 nitrogen and oxygen atoms in total. The first-order valence-electron chi connectivity index (χ1n) is 8.43. The summed E-state index contributed by atoms with van der Waals surface area (Å²) in [6.07, 6.45) is 3.37. The van der Waals surface area contributed by atoms with Gasteiger partial charge in [0.2, 0.25) is 5.75 Å². The molecule has 0 aliphatic heterocycles. The summed E-state index contributed by atoms with van der Waals surface area (Å²) in [4.78, 5) is 12.7. The third-order valence-corrected chi connectivity index (χ3v) is 4.63. The van der Waals surface area contributed by atoms with Crippen molar-refractivity contribution >= 4 is 27.5 Å². The number of nitrogens with zero attached hydrogens (tertiary/aromatic N) is 2. The van der Waals surface area contributed by atoms with E-state index in [0.717, 1.165) is 10.0 Å². The zero-order valence-electron chi connectivity index (χ0n) is 15.7. The highest BCUT2D eigenvalue weighted by molar-refractivity contribution is 9.10. The standard InChI is InChI=1S/C20H20BrN3O4/c1-26-17-9-8-16(18(27-2)19(17)28-3)20(25)23-15-10-22-24(12-15)11-13-4-6-14(21)7-5-13/h4-10,12H,11H2,1-3H3,(H,23,25). The summed E-state index contributed by atoms with van der Waals surface area (Å²) >= 11 is 3.42. The average Bonchev–Trinajstić information content (AvgIpc) is 3.14. The monoisotopic (exact) mass is 445 g/mol. The lowest BCUT2D eigenvalue weighted by atomic mass is 10.1. The van der Waals surface area contributed by atoms with Gasteiger partial charge < -0.3 is 19.5 Å². The van der Waals surface area contributed by atoms with Crippen LogP contribution in [0.1, 0.15) is 15.9 Å². The quantitative estimate of drug-likeness (QED) is 0.595. The van der Waals surface area contributed by atoms with E-state index in [1.165, 1.54) is 21.3 Å². The zero-order chi connectivity index (χ0) is 20.1. The number of hydrogen-bond acceptors (Lipinski definition) is 5. The van der Waals surface area contributed by atoms with Crippen LogP contribution in [0.25, 0.3) is 0 Å². The largest absolute Gasteiger partial charge is 0.493 e. The van der Waals surface area contributed by atoms with Gasteiger partial charge >= 0.3 is 0 Å². The Morgan fingerprint density at radius 2 is 1.75 bits per heavy atom. The number of ether oxygens (including phenoxy) is 3. The topological polar surface area (TPSA) is 74.6 Å². The Kier molecular flexibility index (Phi) is 6.20. The van der Waals surface area contributed by atoms with Gasteiger partial charge in [0.05, 0.1) is 45.3 Å². The van der Waals surface area contributed by atoms with Crippen LogP contribution in [0.15, 0.2) is 53.3 Å². The second-order valence-electron chi connectivity index (χ2n) is 5.89. The van der Waals surface area contributed by atoms with Crippen molar-refractivity contribution in [3.8, 4) is 17.2 Å². The Hall–Kier alpha value is -3.00. The van der Waals surface area contributed by atoms with Crippen molar-refractivity contribution in [3.05, 3.63) is 64.4 Å². The number of amides is 1. The second-order valence-corrected chi connectivity index (χ2v) is 6.80. The Labute approximate surface area is 171 Å². The third-order valence-electron chi connectivity index (χ3n) is 4.10. The minimum Gasteiger partial charge on any atom is -0.493 e. The number of rotatable bonds is 7. The Bertz CT molecular complexity index is 970. The molecule has 3 aromatic rings. The van der Waals surface area contributed by atoms with E-state index >= 15 is 0 Å². The predicted octanol–water partition coefficient (Wildman–Crippen LogP) is 3.97. The van der Waals surface area contributed by atoms with E-state index in [9.17, 15) is 4.79 Å². The first-order valence-corrected chi connectivity index (χ1v) is 9.22. The van der Waals surface area contributed by atoms with Crippen molar-refractivity contribution in [2.75, 3.05) is 26.6 Å². The van der Waals surface area contributed by atoms with E-state index in [1.54, 1.807) is 29.2 Å². The molecule has 0 atom stereocenters. The molecule has 0 spiro atoms.